The van der Waals surface area contributed by atoms with E-state index in [1.54, 1.807) is 12.1 Å². The first kappa shape index (κ1) is 17.0. The third-order valence-corrected chi connectivity index (χ3v) is 2.93. The highest BCUT2D eigenvalue weighted by Gasteiger charge is 2.10. The van der Waals surface area contributed by atoms with Crippen LogP contribution in [0.25, 0.3) is 0 Å². The van der Waals surface area contributed by atoms with Crippen molar-refractivity contribution in [3.63, 3.8) is 0 Å². The Morgan fingerprint density at radius 1 is 1.20 bits per heavy atom. The van der Waals surface area contributed by atoms with E-state index in [1.807, 2.05) is 0 Å². The molecule has 1 atom stereocenters. The first-order valence-corrected chi connectivity index (χ1v) is 6.95. The topological polar surface area (TPSA) is 21.3 Å². The molecular formula is C15H22F3NO. The number of hydrogen-bond acceptors (Lipinski definition) is 2. The normalized spacial score (nSPS) is 12.8. The molecule has 1 rings (SSSR count). The number of halogens is 3. The molecule has 2 nitrogen and oxygen atoms in total. The molecule has 0 saturated heterocycles. The van der Waals surface area contributed by atoms with E-state index in [0.29, 0.717) is 13.0 Å². The average molecular weight is 289 g/mol. The second-order valence-corrected chi connectivity index (χ2v) is 4.74. The van der Waals surface area contributed by atoms with Crippen molar-refractivity contribution in [2.45, 2.75) is 38.7 Å². The summed E-state index contributed by atoms with van der Waals surface area (Å²) in [6.45, 7) is 2.71. The molecule has 0 amide bonds. The number of hydrogen-bond donors (Lipinski definition) is 1. The lowest BCUT2D eigenvalue weighted by Gasteiger charge is -2.18. The fraction of sp³-hybridized carbons (Fsp3) is 0.600. The van der Waals surface area contributed by atoms with Crippen LogP contribution in [0.3, 0.4) is 0 Å². The number of alkyl halides is 2. The maximum absolute atomic E-state index is 12.8. The smallest absolute Gasteiger partial charge is 0.261 e. The standard InChI is InChI=1S/C15H22F3NO/c1-2-8-19-14(7-9-20-11-15(17)18)10-12-3-5-13(16)6-4-12/h3-6,14-15,19H,2,7-11H2,1H3. The highest BCUT2D eigenvalue weighted by molar-refractivity contribution is 5.17. The fourth-order valence-electron chi connectivity index (χ4n) is 1.93. The molecule has 114 valence electrons. The fourth-order valence-corrected chi connectivity index (χ4v) is 1.93. The molecule has 5 heteroatoms. The Bertz CT molecular complexity index is 357. The van der Waals surface area contributed by atoms with Crippen LogP contribution in [0.2, 0.25) is 0 Å². The van der Waals surface area contributed by atoms with Gasteiger partial charge in [0.15, 0.2) is 0 Å². The van der Waals surface area contributed by atoms with Crippen LogP contribution >= 0.6 is 0 Å². The van der Waals surface area contributed by atoms with Crippen molar-refractivity contribution in [2.24, 2.45) is 0 Å². The largest absolute Gasteiger partial charge is 0.375 e. The van der Waals surface area contributed by atoms with Crippen LogP contribution in [-0.2, 0) is 11.2 Å². The van der Waals surface area contributed by atoms with E-state index >= 15 is 0 Å². The van der Waals surface area contributed by atoms with Gasteiger partial charge >= 0.3 is 0 Å². The van der Waals surface area contributed by atoms with Gasteiger partial charge in [0.05, 0.1) is 0 Å². The van der Waals surface area contributed by atoms with Gasteiger partial charge in [0.2, 0.25) is 0 Å². The van der Waals surface area contributed by atoms with Crippen LogP contribution < -0.4 is 5.32 Å². The third-order valence-electron chi connectivity index (χ3n) is 2.93. The van der Waals surface area contributed by atoms with E-state index in [1.165, 1.54) is 12.1 Å². The zero-order valence-corrected chi connectivity index (χ0v) is 11.7. The molecule has 0 radical (unpaired) electrons. The zero-order chi connectivity index (χ0) is 14.8. The monoisotopic (exact) mass is 289 g/mol. The van der Waals surface area contributed by atoms with Crippen molar-refractivity contribution in [1.29, 1.82) is 0 Å². The molecule has 0 aromatic heterocycles. The molecule has 1 aromatic carbocycles. The van der Waals surface area contributed by atoms with Crippen molar-refractivity contribution >= 4 is 0 Å². The summed E-state index contributed by atoms with van der Waals surface area (Å²) in [7, 11) is 0. The number of nitrogens with one attached hydrogen (secondary N) is 1. The van der Waals surface area contributed by atoms with Crippen molar-refractivity contribution in [2.75, 3.05) is 19.8 Å². The Kier molecular flexibility index (Phi) is 8.30. The molecule has 0 aliphatic carbocycles. The molecular weight excluding hydrogens is 267 g/mol. The van der Waals surface area contributed by atoms with E-state index in [9.17, 15) is 13.2 Å². The zero-order valence-electron chi connectivity index (χ0n) is 11.7. The summed E-state index contributed by atoms with van der Waals surface area (Å²) < 4.78 is 41.7. The molecule has 1 aromatic rings. The summed E-state index contributed by atoms with van der Waals surface area (Å²) in [4.78, 5) is 0. The summed E-state index contributed by atoms with van der Waals surface area (Å²) in [5, 5.41) is 3.36. The van der Waals surface area contributed by atoms with Gasteiger partial charge in [-0.15, -0.1) is 0 Å². The molecule has 20 heavy (non-hydrogen) atoms. The minimum absolute atomic E-state index is 0.151. The summed E-state index contributed by atoms with van der Waals surface area (Å²) in [6, 6.07) is 6.50. The number of benzene rings is 1. The van der Waals surface area contributed by atoms with Gasteiger partial charge in [-0.25, -0.2) is 13.2 Å². The Morgan fingerprint density at radius 3 is 2.50 bits per heavy atom. The maximum atomic E-state index is 12.8. The minimum atomic E-state index is -2.42. The van der Waals surface area contributed by atoms with Crippen molar-refractivity contribution in [1.82, 2.24) is 5.32 Å². The Balaban J connectivity index is 2.40. The van der Waals surface area contributed by atoms with Crippen LogP contribution in [0.4, 0.5) is 13.2 Å². The molecule has 0 aliphatic heterocycles. The van der Waals surface area contributed by atoms with Crippen molar-refractivity contribution < 1.29 is 17.9 Å². The summed E-state index contributed by atoms with van der Waals surface area (Å²) in [6.07, 6.45) is -0.0330. The van der Waals surface area contributed by atoms with Gasteiger partial charge in [-0.1, -0.05) is 19.1 Å². The maximum Gasteiger partial charge on any atom is 0.261 e. The molecule has 0 aliphatic rings. The molecule has 1 unspecified atom stereocenters. The van der Waals surface area contributed by atoms with Gasteiger partial charge in [0, 0.05) is 12.6 Å². The van der Waals surface area contributed by atoms with E-state index in [-0.39, 0.29) is 11.9 Å². The highest BCUT2D eigenvalue weighted by atomic mass is 19.3. The van der Waals surface area contributed by atoms with Crippen molar-refractivity contribution in [3.8, 4) is 0 Å². The second-order valence-electron chi connectivity index (χ2n) is 4.74. The van der Waals surface area contributed by atoms with Crippen LogP contribution in [0.5, 0.6) is 0 Å². The van der Waals surface area contributed by atoms with Gasteiger partial charge in [-0.3, -0.25) is 0 Å². The van der Waals surface area contributed by atoms with E-state index < -0.39 is 13.0 Å². The van der Waals surface area contributed by atoms with E-state index in [4.69, 9.17) is 4.74 Å². The number of rotatable bonds is 10. The van der Waals surface area contributed by atoms with Gasteiger partial charge in [-0.2, -0.15) is 0 Å². The van der Waals surface area contributed by atoms with E-state index in [0.717, 1.165) is 24.9 Å². The predicted molar refractivity (Wildman–Crippen MR) is 73.6 cm³/mol. The molecule has 0 saturated carbocycles. The Labute approximate surface area is 118 Å². The number of ether oxygens (including phenoxy) is 1. The molecule has 1 N–H and O–H groups in total. The van der Waals surface area contributed by atoms with Crippen LogP contribution in [-0.4, -0.2) is 32.2 Å². The lowest BCUT2D eigenvalue weighted by atomic mass is 10.0. The minimum Gasteiger partial charge on any atom is -0.375 e. The third kappa shape index (κ3) is 7.50. The quantitative estimate of drug-likeness (QED) is 0.667. The SMILES string of the molecule is CCCNC(CCOCC(F)F)Cc1ccc(F)cc1. The lowest BCUT2D eigenvalue weighted by molar-refractivity contribution is 0.0144. The predicted octanol–water partition coefficient (Wildman–Crippen LogP) is 3.41. The molecule has 0 fully saturated rings. The molecule has 0 bridgehead atoms. The van der Waals surface area contributed by atoms with E-state index in [2.05, 4.69) is 12.2 Å². The highest BCUT2D eigenvalue weighted by Crippen LogP contribution is 2.08. The van der Waals surface area contributed by atoms with Gasteiger partial charge in [-0.05, 0) is 43.5 Å². The first-order chi connectivity index (χ1) is 9.61. The lowest BCUT2D eigenvalue weighted by Crippen LogP contribution is -2.33. The second kappa shape index (κ2) is 9.77. The summed E-state index contributed by atoms with van der Waals surface area (Å²) in [5.41, 5.74) is 1.02. The Morgan fingerprint density at radius 2 is 1.90 bits per heavy atom. The van der Waals surface area contributed by atoms with Crippen LogP contribution in [0.15, 0.2) is 24.3 Å². The first-order valence-electron chi connectivity index (χ1n) is 6.95. The summed E-state index contributed by atoms with van der Waals surface area (Å²) in [5.74, 6) is -0.257. The van der Waals surface area contributed by atoms with Crippen LogP contribution in [0.1, 0.15) is 25.3 Å². The van der Waals surface area contributed by atoms with Gasteiger partial charge in [0.25, 0.3) is 6.43 Å². The molecule has 0 heterocycles. The summed E-state index contributed by atoms with van der Waals surface area (Å²) >= 11 is 0. The van der Waals surface area contributed by atoms with Gasteiger partial charge < -0.3 is 10.1 Å². The van der Waals surface area contributed by atoms with Gasteiger partial charge in [0.1, 0.15) is 12.4 Å². The van der Waals surface area contributed by atoms with Crippen molar-refractivity contribution in [3.05, 3.63) is 35.6 Å². The van der Waals surface area contributed by atoms with Crippen LogP contribution in [0, 0.1) is 5.82 Å². The average Bonchev–Trinajstić information content (AvgIpc) is 2.42. The Hall–Kier alpha value is -1.07. The molecule has 0 spiro atoms.